The quantitative estimate of drug-likeness (QED) is 0.170. The summed E-state index contributed by atoms with van der Waals surface area (Å²) >= 11 is 0. The summed E-state index contributed by atoms with van der Waals surface area (Å²) in [4.78, 5) is 2.73. The van der Waals surface area contributed by atoms with Crippen LogP contribution in [-0.4, -0.2) is 11.4 Å². The summed E-state index contributed by atoms with van der Waals surface area (Å²) in [5, 5.41) is 9.18. The molecule has 6 aromatic carbocycles. The van der Waals surface area contributed by atoms with Gasteiger partial charge in [-0.25, -0.2) is 0 Å². The van der Waals surface area contributed by atoms with Crippen molar-refractivity contribution in [3.63, 3.8) is 0 Å². The van der Waals surface area contributed by atoms with Crippen LogP contribution in [0.3, 0.4) is 0 Å². The van der Waals surface area contributed by atoms with Crippen molar-refractivity contribution in [2.45, 2.75) is 37.8 Å². The van der Waals surface area contributed by atoms with Gasteiger partial charge in [-0.1, -0.05) is 146 Å². The molecule has 0 amide bonds. The molecule has 1 saturated heterocycles. The summed E-state index contributed by atoms with van der Waals surface area (Å²) in [5.41, 5.74) is 13.4. The lowest BCUT2D eigenvalue weighted by molar-refractivity contribution is 0.0203. The first kappa shape index (κ1) is 31.1. The molecule has 52 heavy (non-hydrogen) atoms. The maximum absolute atomic E-state index is 3.85. The van der Waals surface area contributed by atoms with Crippen LogP contribution in [0.2, 0.25) is 0 Å². The SMILES string of the molecule is C1=CCC2C(=C1)C=CC=C2CN1C(c2ccccc2)CC1c1ccc(Nc2ccccc2-c2cc3ccccc3c3ccc4c(c23)CCC=C4)cc1. The molecule has 10 rings (SSSR count). The maximum Gasteiger partial charge on any atom is 0.0464 e. The Labute approximate surface area is 306 Å². The molecule has 3 atom stereocenters. The second kappa shape index (κ2) is 13.1. The van der Waals surface area contributed by atoms with Gasteiger partial charge in [-0.05, 0) is 110 Å². The third kappa shape index (κ3) is 5.46. The zero-order valence-corrected chi connectivity index (χ0v) is 29.4. The van der Waals surface area contributed by atoms with Crippen molar-refractivity contribution in [1.29, 1.82) is 0 Å². The van der Waals surface area contributed by atoms with E-state index in [4.69, 9.17) is 0 Å². The molecule has 252 valence electrons. The molecule has 1 aliphatic heterocycles. The normalized spacial score (nSPS) is 20.6. The number of nitrogens with one attached hydrogen (secondary N) is 1. The predicted octanol–water partition coefficient (Wildman–Crippen LogP) is 12.8. The first-order valence-corrected chi connectivity index (χ1v) is 18.9. The Hall–Kier alpha value is -5.70. The minimum Gasteiger partial charge on any atom is -0.355 e. The summed E-state index contributed by atoms with van der Waals surface area (Å²) in [5.74, 6) is 0.487. The molecule has 3 unspecified atom stereocenters. The van der Waals surface area contributed by atoms with Gasteiger partial charge in [0.2, 0.25) is 0 Å². The third-order valence-corrected chi connectivity index (χ3v) is 11.9. The second-order valence-corrected chi connectivity index (χ2v) is 14.8. The lowest BCUT2D eigenvalue weighted by Crippen LogP contribution is -2.45. The van der Waals surface area contributed by atoms with E-state index in [1.54, 1.807) is 0 Å². The van der Waals surface area contributed by atoms with E-state index in [0.717, 1.165) is 43.6 Å². The van der Waals surface area contributed by atoms with Crippen molar-refractivity contribution in [3.8, 4) is 11.1 Å². The van der Waals surface area contributed by atoms with E-state index in [0.29, 0.717) is 18.0 Å². The molecule has 2 heteroatoms. The molecule has 0 spiro atoms. The number of hydrogen-bond acceptors (Lipinski definition) is 2. The van der Waals surface area contributed by atoms with E-state index in [1.807, 2.05) is 0 Å². The third-order valence-electron chi connectivity index (χ3n) is 11.9. The van der Waals surface area contributed by atoms with Crippen LogP contribution in [0.5, 0.6) is 0 Å². The fourth-order valence-electron chi connectivity index (χ4n) is 9.21. The zero-order valence-electron chi connectivity index (χ0n) is 29.4. The fraction of sp³-hybridized carbons (Fsp3) is 0.160. The molecule has 4 aliphatic rings. The van der Waals surface area contributed by atoms with Gasteiger partial charge < -0.3 is 5.32 Å². The molecule has 0 aromatic heterocycles. The Morgan fingerprint density at radius 3 is 2.37 bits per heavy atom. The highest BCUT2D eigenvalue weighted by Gasteiger charge is 2.41. The summed E-state index contributed by atoms with van der Waals surface area (Å²) in [6, 6.07) is 45.9. The van der Waals surface area contributed by atoms with E-state index < -0.39 is 0 Å². The number of benzene rings is 6. The summed E-state index contributed by atoms with van der Waals surface area (Å²) in [6.07, 6.45) is 22.7. The molecule has 0 radical (unpaired) electrons. The Morgan fingerprint density at radius 1 is 0.654 bits per heavy atom. The smallest absolute Gasteiger partial charge is 0.0464 e. The van der Waals surface area contributed by atoms with Crippen LogP contribution >= 0.6 is 0 Å². The molecular formula is C50H42N2. The van der Waals surface area contributed by atoms with Gasteiger partial charge in [-0.3, -0.25) is 4.90 Å². The number of rotatable bonds is 7. The number of para-hydroxylation sites is 1. The number of allylic oxidation sites excluding steroid dienone is 8. The summed E-state index contributed by atoms with van der Waals surface area (Å²) < 4.78 is 0. The van der Waals surface area contributed by atoms with E-state index in [-0.39, 0.29) is 0 Å². The number of anilines is 2. The van der Waals surface area contributed by atoms with Gasteiger partial charge in [-0.15, -0.1) is 0 Å². The van der Waals surface area contributed by atoms with Crippen molar-refractivity contribution in [2.75, 3.05) is 11.9 Å². The van der Waals surface area contributed by atoms with Crippen molar-refractivity contribution >= 4 is 39.0 Å². The highest BCUT2D eigenvalue weighted by molar-refractivity contribution is 6.16. The average Bonchev–Trinajstić information content (AvgIpc) is 3.20. The van der Waals surface area contributed by atoms with E-state index in [1.165, 1.54) is 66.1 Å². The molecule has 2 nitrogen and oxygen atoms in total. The van der Waals surface area contributed by atoms with Crippen molar-refractivity contribution in [1.82, 2.24) is 4.90 Å². The van der Waals surface area contributed by atoms with Crippen LogP contribution in [0, 0.1) is 5.92 Å². The summed E-state index contributed by atoms with van der Waals surface area (Å²) in [7, 11) is 0. The number of nitrogens with zero attached hydrogens (tertiary/aromatic N) is 1. The monoisotopic (exact) mass is 670 g/mol. The van der Waals surface area contributed by atoms with Gasteiger partial charge in [0, 0.05) is 41.5 Å². The molecule has 0 saturated carbocycles. The number of fused-ring (bicyclic) bond motifs is 6. The van der Waals surface area contributed by atoms with Crippen LogP contribution < -0.4 is 5.32 Å². The molecular weight excluding hydrogens is 629 g/mol. The van der Waals surface area contributed by atoms with E-state index in [2.05, 4.69) is 180 Å². The number of hydrogen-bond donors (Lipinski definition) is 1. The Balaban J connectivity index is 0.969. The first-order chi connectivity index (χ1) is 25.8. The highest BCUT2D eigenvalue weighted by atomic mass is 15.2. The second-order valence-electron chi connectivity index (χ2n) is 14.8. The van der Waals surface area contributed by atoms with Gasteiger partial charge in [0.1, 0.15) is 0 Å². The Kier molecular flexibility index (Phi) is 7.84. The largest absolute Gasteiger partial charge is 0.355 e. The van der Waals surface area contributed by atoms with Crippen LogP contribution in [0.25, 0.3) is 38.7 Å². The van der Waals surface area contributed by atoms with E-state index >= 15 is 0 Å². The predicted molar refractivity (Wildman–Crippen MR) is 220 cm³/mol. The number of aryl methyl sites for hydroxylation is 1. The van der Waals surface area contributed by atoms with Crippen molar-refractivity contribution in [3.05, 3.63) is 197 Å². The van der Waals surface area contributed by atoms with Crippen LogP contribution in [0.4, 0.5) is 11.4 Å². The maximum atomic E-state index is 3.85. The molecule has 1 N–H and O–H groups in total. The minimum absolute atomic E-state index is 0.383. The standard InChI is InChI=1S/C50H42N2/c1-2-15-36(16-3-1)48-32-49(52(48)33-39-19-12-18-34-13-4-7-20-41(34)39)37-25-28-40(29-26-37)51-47-24-11-10-23-44(47)46-31-38-17-6-8-21-42(38)45-30-27-35-14-5-9-22-43(35)50(45)46/h1-8,10-19,21,23-31,41,48-49,51H,9,20,22,32-33H2. The average molecular weight is 671 g/mol. The van der Waals surface area contributed by atoms with Gasteiger partial charge in [0.25, 0.3) is 0 Å². The van der Waals surface area contributed by atoms with E-state index in [9.17, 15) is 0 Å². The van der Waals surface area contributed by atoms with Gasteiger partial charge in [0.15, 0.2) is 0 Å². The first-order valence-electron chi connectivity index (χ1n) is 18.9. The van der Waals surface area contributed by atoms with Crippen LogP contribution in [0.15, 0.2) is 175 Å². The van der Waals surface area contributed by atoms with Gasteiger partial charge >= 0.3 is 0 Å². The molecule has 1 fully saturated rings. The van der Waals surface area contributed by atoms with Crippen LogP contribution in [0.1, 0.15) is 53.6 Å². The summed E-state index contributed by atoms with van der Waals surface area (Å²) in [6.45, 7) is 0.983. The van der Waals surface area contributed by atoms with Crippen molar-refractivity contribution < 1.29 is 0 Å². The number of likely N-dealkylation sites (tertiary alicyclic amines) is 1. The molecule has 6 aromatic rings. The zero-order chi connectivity index (χ0) is 34.4. The molecule has 3 aliphatic carbocycles. The lowest BCUT2D eigenvalue weighted by Gasteiger charge is -2.50. The highest BCUT2D eigenvalue weighted by Crippen LogP contribution is 2.50. The lowest BCUT2D eigenvalue weighted by atomic mass is 9.78. The van der Waals surface area contributed by atoms with Crippen LogP contribution in [-0.2, 0) is 6.42 Å². The Bertz CT molecular complexity index is 2480. The van der Waals surface area contributed by atoms with Crippen molar-refractivity contribution in [2.24, 2.45) is 5.92 Å². The fourth-order valence-corrected chi connectivity index (χ4v) is 9.21. The minimum atomic E-state index is 0.383. The Morgan fingerprint density at radius 2 is 1.46 bits per heavy atom. The topological polar surface area (TPSA) is 15.3 Å². The van der Waals surface area contributed by atoms with Gasteiger partial charge in [0.05, 0.1) is 0 Å². The molecule has 0 bridgehead atoms. The molecule has 1 heterocycles. The van der Waals surface area contributed by atoms with Gasteiger partial charge in [-0.2, -0.15) is 0 Å².